The van der Waals surface area contributed by atoms with Crippen LogP contribution >= 0.6 is 11.3 Å². The van der Waals surface area contributed by atoms with E-state index in [9.17, 15) is 4.79 Å². The number of ether oxygens (including phenoxy) is 1. The topological polar surface area (TPSA) is 81.4 Å². The minimum atomic E-state index is -0.420. The molecule has 4 rings (SSSR count). The maximum atomic E-state index is 12.2. The Hall–Kier alpha value is -2.48. The van der Waals surface area contributed by atoms with E-state index in [1.807, 2.05) is 43.6 Å². The number of nitrogens with one attached hydrogen (secondary N) is 1. The highest BCUT2D eigenvalue weighted by Crippen LogP contribution is 2.30. The van der Waals surface area contributed by atoms with Gasteiger partial charge in [0.15, 0.2) is 0 Å². The van der Waals surface area contributed by atoms with Gasteiger partial charge in [-0.3, -0.25) is 9.78 Å². The van der Waals surface area contributed by atoms with E-state index in [4.69, 9.17) is 4.74 Å². The van der Waals surface area contributed by atoms with Crippen molar-refractivity contribution in [3.63, 3.8) is 0 Å². The van der Waals surface area contributed by atoms with Crippen molar-refractivity contribution in [1.29, 1.82) is 0 Å². The molecular formula is C20H25N5O2S. The average molecular weight is 400 g/mol. The molecule has 7 nitrogen and oxygen atoms in total. The van der Waals surface area contributed by atoms with E-state index < -0.39 is 5.60 Å². The summed E-state index contributed by atoms with van der Waals surface area (Å²) in [7, 11) is 0. The molecule has 0 saturated heterocycles. The molecule has 0 bridgehead atoms. The van der Waals surface area contributed by atoms with Crippen LogP contribution in [0.4, 0.5) is 5.13 Å². The van der Waals surface area contributed by atoms with Crippen molar-refractivity contribution < 1.29 is 9.53 Å². The van der Waals surface area contributed by atoms with Crippen LogP contribution < -0.4 is 5.32 Å². The zero-order valence-electron chi connectivity index (χ0n) is 16.4. The first-order valence-electron chi connectivity index (χ1n) is 9.63. The van der Waals surface area contributed by atoms with Gasteiger partial charge in [-0.25, -0.2) is 9.50 Å². The largest absolute Gasteiger partial charge is 0.460 e. The van der Waals surface area contributed by atoms with Crippen LogP contribution in [0.2, 0.25) is 0 Å². The Morgan fingerprint density at radius 3 is 2.71 bits per heavy atom. The molecule has 0 aromatic carbocycles. The number of rotatable bonds is 4. The fraction of sp³-hybridized carbons (Fsp3) is 0.500. The smallest absolute Gasteiger partial charge is 0.309 e. The SMILES string of the molecule is CC(C)(C)OC(=O)C1CCC(Nc2nn3cc(-c4cccnc4)nc3s2)CC1. The first kappa shape index (κ1) is 18.9. The van der Waals surface area contributed by atoms with E-state index in [2.05, 4.69) is 20.4 Å². The Labute approximate surface area is 168 Å². The summed E-state index contributed by atoms with van der Waals surface area (Å²) in [6.45, 7) is 5.74. The third-order valence-electron chi connectivity index (χ3n) is 4.80. The minimum absolute atomic E-state index is 0.00734. The van der Waals surface area contributed by atoms with Crippen molar-refractivity contribution in [2.24, 2.45) is 5.92 Å². The number of pyridine rings is 1. The molecule has 0 amide bonds. The van der Waals surface area contributed by atoms with Crippen molar-refractivity contribution in [3.05, 3.63) is 30.7 Å². The predicted octanol–water partition coefficient (Wildman–Crippen LogP) is 4.17. The van der Waals surface area contributed by atoms with Crippen molar-refractivity contribution in [1.82, 2.24) is 19.6 Å². The number of imidazole rings is 1. The lowest BCUT2D eigenvalue weighted by molar-refractivity contribution is -0.161. The summed E-state index contributed by atoms with van der Waals surface area (Å²) in [5.74, 6) is -0.0606. The second kappa shape index (κ2) is 7.50. The first-order valence-corrected chi connectivity index (χ1v) is 10.4. The molecule has 3 aromatic heterocycles. The maximum absolute atomic E-state index is 12.2. The molecule has 8 heteroatoms. The van der Waals surface area contributed by atoms with Crippen LogP contribution in [0.1, 0.15) is 46.5 Å². The third-order valence-corrected chi connectivity index (χ3v) is 5.65. The second-order valence-corrected chi connectivity index (χ2v) is 9.18. The van der Waals surface area contributed by atoms with Crippen LogP contribution in [-0.4, -0.2) is 37.2 Å². The van der Waals surface area contributed by atoms with Crippen molar-refractivity contribution in [2.45, 2.75) is 58.1 Å². The van der Waals surface area contributed by atoms with Crippen LogP contribution in [0.15, 0.2) is 30.7 Å². The highest BCUT2D eigenvalue weighted by Gasteiger charge is 2.30. The van der Waals surface area contributed by atoms with Crippen molar-refractivity contribution in [2.75, 3.05) is 5.32 Å². The lowest BCUT2D eigenvalue weighted by Crippen LogP contribution is -2.33. The average Bonchev–Trinajstić information content (AvgIpc) is 3.20. The summed E-state index contributed by atoms with van der Waals surface area (Å²) in [5.41, 5.74) is 1.43. The van der Waals surface area contributed by atoms with Gasteiger partial charge in [0.2, 0.25) is 10.1 Å². The number of aromatic nitrogens is 4. The van der Waals surface area contributed by atoms with Gasteiger partial charge in [0.05, 0.1) is 17.8 Å². The quantitative estimate of drug-likeness (QED) is 0.663. The number of hydrogen-bond acceptors (Lipinski definition) is 7. The molecule has 1 saturated carbocycles. The third kappa shape index (κ3) is 4.32. The first-order chi connectivity index (χ1) is 13.4. The van der Waals surface area contributed by atoms with E-state index in [1.165, 1.54) is 11.3 Å². The van der Waals surface area contributed by atoms with E-state index in [1.54, 1.807) is 12.4 Å². The van der Waals surface area contributed by atoms with Crippen LogP contribution in [0.3, 0.4) is 0 Å². The monoisotopic (exact) mass is 399 g/mol. The van der Waals surface area contributed by atoms with E-state index >= 15 is 0 Å². The Kier molecular flexibility index (Phi) is 5.05. The lowest BCUT2D eigenvalue weighted by atomic mass is 9.86. The van der Waals surface area contributed by atoms with Gasteiger partial charge in [0.25, 0.3) is 0 Å². The molecule has 0 aliphatic heterocycles. The highest BCUT2D eigenvalue weighted by atomic mass is 32.1. The molecule has 0 spiro atoms. The van der Waals surface area contributed by atoms with E-state index in [-0.39, 0.29) is 11.9 Å². The fourth-order valence-corrected chi connectivity index (χ4v) is 4.30. The minimum Gasteiger partial charge on any atom is -0.460 e. The van der Waals surface area contributed by atoms with Crippen LogP contribution in [0, 0.1) is 5.92 Å². The summed E-state index contributed by atoms with van der Waals surface area (Å²) in [6, 6.07) is 4.21. The van der Waals surface area contributed by atoms with Gasteiger partial charge < -0.3 is 10.1 Å². The Balaban J connectivity index is 1.35. The normalized spacial score (nSPS) is 20.2. The van der Waals surface area contributed by atoms with E-state index in [0.29, 0.717) is 6.04 Å². The van der Waals surface area contributed by atoms with Crippen molar-refractivity contribution in [3.8, 4) is 11.3 Å². The molecule has 0 radical (unpaired) electrons. The zero-order chi connectivity index (χ0) is 19.7. The van der Waals surface area contributed by atoms with Crippen LogP contribution in [0.25, 0.3) is 16.2 Å². The highest BCUT2D eigenvalue weighted by molar-refractivity contribution is 7.20. The van der Waals surface area contributed by atoms with E-state index in [0.717, 1.165) is 47.0 Å². The van der Waals surface area contributed by atoms with Gasteiger partial charge in [0.1, 0.15) is 5.60 Å². The van der Waals surface area contributed by atoms with Crippen LogP contribution in [-0.2, 0) is 9.53 Å². The molecule has 1 aliphatic rings. The molecule has 1 fully saturated rings. The summed E-state index contributed by atoms with van der Waals surface area (Å²) in [6.07, 6.45) is 9.04. The molecule has 0 unspecified atom stereocenters. The Morgan fingerprint density at radius 2 is 2.07 bits per heavy atom. The molecular weight excluding hydrogens is 374 g/mol. The van der Waals surface area contributed by atoms with Crippen molar-refractivity contribution >= 4 is 27.4 Å². The molecule has 1 N–H and O–H groups in total. The molecule has 148 valence electrons. The van der Waals surface area contributed by atoms with Gasteiger partial charge in [-0.1, -0.05) is 11.3 Å². The molecule has 3 heterocycles. The summed E-state index contributed by atoms with van der Waals surface area (Å²) in [5, 5.41) is 8.97. The maximum Gasteiger partial charge on any atom is 0.309 e. The van der Waals surface area contributed by atoms with Crippen LogP contribution in [0.5, 0.6) is 0 Å². The van der Waals surface area contributed by atoms with Gasteiger partial charge in [-0.15, -0.1) is 5.10 Å². The molecule has 0 atom stereocenters. The number of hydrogen-bond donors (Lipinski definition) is 1. The zero-order valence-corrected chi connectivity index (χ0v) is 17.2. The van der Waals surface area contributed by atoms with Gasteiger partial charge in [-0.2, -0.15) is 0 Å². The Morgan fingerprint density at radius 1 is 1.29 bits per heavy atom. The number of fused-ring (bicyclic) bond motifs is 1. The van der Waals surface area contributed by atoms with Gasteiger partial charge >= 0.3 is 5.97 Å². The lowest BCUT2D eigenvalue weighted by Gasteiger charge is -2.30. The number of nitrogens with zero attached hydrogens (tertiary/aromatic N) is 4. The number of carbonyl (C=O) groups excluding carboxylic acids is 1. The molecule has 1 aliphatic carbocycles. The Bertz CT molecular complexity index is 921. The number of carbonyl (C=O) groups is 1. The second-order valence-electron chi connectivity index (χ2n) is 8.23. The fourth-order valence-electron chi connectivity index (χ4n) is 3.45. The summed E-state index contributed by atoms with van der Waals surface area (Å²) < 4.78 is 7.33. The standard InChI is InChI=1S/C20H25N5O2S/c1-20(2,3)27-17(26)13-6-8-15(9-7-13)22-18-24-25-12-16(23-19(25)28-18)14-5-4-10-21-11-14/h4-5,10-13,15H,6-9H2,1-3H3,(H,22,24). The van der Waals surface area contributed by atoms with Gasteiger partial charge in [0, 0.05) is 24.0 Å². The summed E-state index contributed by atoms with van der Waals surface area (Å²) >= 11 is 1.54. The number of esters is 1. The number of anilines is 1. The molecule has 3 aromatic rings. The summed E-state index contributed by atoms with van der Waals surface area (Å²) in [4.78, 5) is 21.9. The van der Waals surface area contributed by atoms with Gasteiger partial charge in [-0.05, 0) is 58.6 Å². The molecule has 28 heavy (non-hydrogen) atoms. The predicted molar refractivity (Wildman–Crippen MR) is 109 cm³/mol.